The number of benzene rings is 1. The molecule has 0 aliphatic heterocycles. The maximum Gasteiger partial charge on any atom is 0.138 e. The molecule has 0 bridgehead atoms. The number of ether oxygens (including phenoxy) is 2. The molecule has 1 rings (SSSR count). The molecule has 1 aromatic carbocycles. The van der Waals surface area contributed by atoms with Crippen molar-refractivity contribution in [2.75, 3.05) is 13.2 Å². The van der Waals surface area contributed by atoms with E-state index in [1.807, 2.05) is 0 Å². The van der Waals surface area contributed by atoms with Crippen LogP contribution in [-0.2, 0) is 0 Å². The zero-order valence-corrected chi connectivity index (χ0v) is 29.1. The smallest absolute Gasteiger partial charge is 0.138 e. The highest BCUT2D eigenvalue weighted by atomic mass is 16.5. The van der Waals surface area contributed by atoms with Gasteiger partial charge in [-0.05, 0) is 12.8 Å². The van der Waals surface area contributed by atoms with Crippen molar-refractivity contribution in [3.8, 4) is 23.6 Å². The second-order valence-corrected chi connectivity index (χ2v) is 13.0. The lowest BCUT2D eigenvalue weighted by Gasteiger charge is -2.12. The summed E-state index contributed by atoms with van der Waals surface area (Å²) in [6.07, 6.45) is 37.0. The van der Waals surface area contributed by atoms with E-state index >= 15 is 0 Å². The molecular formula is C40H68N2O2. The van der Waals surface area contributed by atoms with Crippen LogP contribution in [0.3, 0.4) is 0 Å². The van der Waals surface area contributed by atoms with Gasteiger partial charge in [0.05, 0.1) is 24.3 Å². The van der Waals surface area contributed by atoms with Crippen LogP contribution in [0, 0.1) is 22.7 Å². The van der Waals surface area contributed by atoms with Crippen molar-refractivity contribution in [2.45, 2.75) is 194 Å². The molecule has 4 nitrogen and oxygen atoms in total. The van der Waals surface area contributed by atoms with Crippen LogP contribution < -0.4 is 9.47 Å². The predicted molar refractivity (Wildman–Crippen MR) is 187 cm³/mol. The van der Waals surface area contributed by atoms with E-state index in [0.717, 1.165) is 25.7 Å². The van der Waals surface area contributed by atoms with Crippen LogP contribution in [0.1, 0.15) is 205 Å². The number of nitrogens with zero attached hydrogens (tertiary/aromatic N) is 2. The Bertz CT molecular complexity index is 798. The highest BCUT2D eigenvalue weighted by Crippen LogP contribution is 2.29. The molecule has 0 saturated carbocycles. The second kappa shape index (κ2) is 30.8. The van der Waals surface area contributed by atoms with E-state index in [-0.39, 0.29) is 0 Å². The number of nitriles is 2. The zero-order chi connectivity index (χ0) is 31.8. The summed E-state index contributed by atoms with van der Waals surface area (Å²) in [5, 5.41) is 19.3. The Labute approximate surface area is 273 Å². The van der Waals surface area contributed by atoms with Gasteiger partial charge in [-0.3, -0.25) is 0 Å². The average Bonchev–Trinajstić information content (AvgIpc) is 3.04. The van der Waals surface area contributed by atoms with E-state index in [0.29, 0.717) is 35.8 Å². The Morgan fingerprint density at radius 2 is 0.614 bits per heavy atom. The monoisotopic (exact) mass is 609 g/mol. The lowest BCUT2D eigenvalue weighted by atomic mass is 10.0. The van der Waals surface area contributed by atoms with Gasteiger partial charge in [-0.1, -0.05) is 181 Å². The maximum absolute atomic E-state index is 9.67. The Kier molecular flexibility index (Phi) is 27.9. The highest BCUT2D eigenvalue weighted by Gasteiger charge is 2.12. The van der Waals surface area contributed by atoms with Crippen LogP contribution >= 0.6 is 0 Å². The van der Waals surface area contributed by atoms with Crippen molar-refractivity contribution >= 4 is 0 Å². The highest BCUT2D eigenvalue weighted by molar-refractivity contribution is 5.56. The SMILES string of the molecule is CCCCCCCCCCCCCCCCOc1cc(C#N)c(OCCCCCCCCCCCCCCCC)cc1C#N. The van der Waals surface area contributed by atoms with Crippen molar-refractivity contribution in [3.05, 3.63) is 23.3 Å². The van der Waals surface area contributed by atoms with Crippen molar-refractivity contribution in [3.63, 3.8) is 0 Å². The van der Waals surface area contributed by atoms with Crippen molar-refractivity contribution in [1.82, 2.24) is 0 Å². The second-order valence-electron chi connectivity index (χ2n) is 13.0. The van der Waals surface area contributed by atoms with E-state index in [9.17, 15) is 10.5 Å². The molecule has 4 heteroatoms. The molecule has 250 valence electrons. The largest absolute Gasteiger partial charge is 0.492 e. The Morgan fingerprint density at radius 3 is 0.841 bits per heavy atom. The van der Waals surface area contributed by atoms with Gasteiger partial charge in [0.1, 0.15) is 23.6 Å². The molecule has 0 heterocycles. The first kappa shape index (κ1) is 39.8. The van der Waals surface area contributed by atoms with Crippen LogP contribution in [0.5, 0.6) is 11.5 Å². The summed E-state index contributed by atoms with van der Waals surface area (Å²) < 4.78 is 11.9. The third-order valence-corrected chi connectivity index (χ3v) is 8.83. The van der Waals surface area contributed by atoms with Gasteiger partial charge in [0, 0.05) is 12.1 Å². The van der Waals surface area contributed by atoms with Crippen molar-refractivity contribution in [1.29, 1.82) is 10.5 Å². The topological polar surface area (TPSA) is 66.0 Å². The van der Waals surface area contributed by atoms with E-state index in [1.165, 1.54) is 154 Å². The van der Waals surface area contributed by atoms with Crippen LogP contribution in [0.2, 0.25) is 0 Å². The van der Waals surface area contributed by atoms with Crippen LogP contribution in [0.25, 0.3) is 0 Å². The summed E-state index contributed by atoms with van der Waals surface area (Å²) in [6.45, 7) is 5.71. The van der Waals surface area contributed by atoms with Gasteiger partial charge in [0.2, 0.25) is 0 Å². The fourth-order valence-electron chi connectivity index (χ4n) is 5.93. The molecule has 1 aromatic rings. The molecule has 0 atom stereocenters. The Hall–Kier alpha value is -2.20. The molecule has 0 amide bonds. The van der Waals surface area contributed by atoms with E-state index in [2.05, 4.69) is 26.0 Å². The lowest BCUT2D eigenvalue weighted by Crippen LogP contribution is -2.03. The van der Waals surface area contributed by atoms with Gasteiger partial charge in [-0.25, -0.2) is 0 Å². The quantitative estimate of drug-likeness (QED) is 0.0763. The normalized spacial score (nSPS) is 10.9. The van der Waals surface area contributed by atoms with E-state index < -0.39 is 0 Å². The Morgan fingerprint density at radius 1 is 0.386 bits per heavy atom. The van der Waals surface area contributed by atoms with Crippen LogP contribution in [0.4, 0.5) is 0 Å². The summed E-state index contributed by atoms with van der Waals surface area (Å²) in [4.78, 5) is 0. The first-order valence-corrected chi connectivity index (χ1v) is 19.0. The van der Waals surface area contributed by atoms with Crippen LogP contribution in [0.15, 0.2) is 12.1 Å². The molecule has 0 unspecified atom stereocenters. The molecule has 0 radical (unpaired) electrons. The lowest BCUT2D eigenvalue weighted by molar-refractivity contribution is 0.295. The molecule has 0 spiro atoms. The third kappa shape index (κ3) is 22.3. The number of hydrogen-bond donors (Lipinski definition) is 0. The Balaban J connectivity index is 2.10. The molecule has 0 saturated heterocycles. The van der Waals surface area contributed by atoms with Gasteiger partial charge in [0.25, 0.3) is 0 Å². The first-order valence-electron chi connectivity index (χ1n) is 19.0. The predicted octanol–water partition coefficient (Wildman–Crippen LogP) is 13.2. The summed E-state index contributed by atoms with van der Waals surface area (Å²) in [5.74, 6) is 1.00. The van der Waals surface area contributed by atoms with Gasteiger partial charge in [0.15, 0.2) is 0 Å². The summed E-state index contributed by atoms with van der Waals surface area (Å²) in [5.41, 5.74) is 0.899. The number of rotatable bonds is 32. The first-order chi connectivity index (χ1) is 21.8. The fraction of sp³-hybridized carbons (Fsp3) is 0.800. The number of hydrogen-bond acceptors (Lipinski definition) is 4. The molecular weight excluding hydrogens is 540 g/mol. The fourth-order valence-corrected chi connectivity index (χ4v) is 5.93. The standard InChI is InChI=1S/C40H68N2O2/c1-3-5-7-9-11-13-15-17-19-21-23-25-27-29-31-43-39-33-38(36-42)40(34-37(39)35-41)44-32-30-28-26-24-22-20-18-16-14-12-10-8-6-4-2/h33-34H,3-32H2,1-2H3. The summed E-state index contributed by atoms with van der Waals surface area (Å²) in [7, 11) is 0. The minimum atomic E-state index is 0.449. The maximum atomic E-state index is 9.67. The summed E-state index contributed by atoms with van der Waals surface area (Å²) in [6, 6.07) is 7.83. The average molecular weight is 609 g/mol. The van der Waals surface area contributed by atoms with Gasteiger partial charge < -0.3 is 9.47 Å². The summed E-state index contributed by atoms with van der Waals surface area (Å²) >= 11 is 0. The van der Waals surface area contributed by atoms with Crippen molar-refractivity contribution in [2.24, 2.45) is 0 Å². The molecule has 0 aromatic heterocycles. The molecule has 0 aliphatic carbocycles. The zero-order valence-electron chi connectivity index (χ0n) is 29.1. The number of unbranched alkanes of at least 4 members (excludes halogenated alkanes) is 26. The molecule has 44 heavy (non-hydrogen) atoms. The van der Waals surface area contributed by atoms with Crippen LogP contribution in [-0.4, -0.2) is 13.2 Å². The van der Waals surface area contributed by atoms with E-state index in [4.69, 9.17) is 9.47 Å². The minimum Gasteiger partial charge on any atom is -0.492 e. The van der Waals surface area contributed by atoms with E-state index in [1.54, 1.807) is 12.1 Å². The minimum absolute atomic E-state index is 0.449. The van der Waals surface area contributed by atoms with Gasteiger partial charge in [-0.2, -0.15) is 10.5 Å². The van der Waals surface area contributed by atoms with Gasteiger partial charge in [-0.15, -0.1) is 0 Å². The van der Waals surface area contributed by atoms with Crippen molar-refractivity contribution < 1.29 is 9.47 Å². The third-order valence-electron chi connectivity index (χ3n) is 8.83. The van der Waals surface area contributed by atoms with Gasteiger partial charge >= 0.3 is 0 Å². The molecule has 0 aliphatic rings. The molecule has 0 fully saturated rings. The molecule has 0 N–H and O–H groups in total.